The SMILES string of the molecule is O=S(O)(=C(F)c1ccccc1)N1CCNCC1. The normalized spacial score (nSPS) is 20.8. The first kappa shape index (κ1) is 12.5. The molecule has 0 aromatic heterocycles. The van der Waals surface area contributed by atoms with Crippen LogP contribution in [0.25, 0.3) is 0 Å². The first-order valence-corrected chi connectivity index (χ1v) is 6.90. The van der Waals surface area contributed by atoms with E-state index in [0.29, 0.717) is 26.2 Å². The molecule has 94 valence electrons. The number of piperazine rings is 1. The predicted octanol–water partition coefficient (Wildman–Crippen LogP) is 0.712. The largest absolute Gasteiger partial charge is 0.314 e. The molecule has 1 aliphatic rings. The van der Waals surface area contributed by atoms with Gasteiger partial charge in [-0.1, -0.05) is 30.3 Å². The summed E-state index contributed by atoms with van der Waals surface area (Å²) in [5, 5.41) is 2.10. The van der Waals surface area contributed by atoms with Gasteiger partial charge in [0, 0.05) is 31.7 Å². The Morgan fingerprint density at radius 1 is 1.29 bits per heavy atom. The van der Waals surface area contributed by atoms with Crippen LogP contribution in [0.2, 0.25) is 0 Å². The van der Waals surface area contributed by atoms with Crippen LogP contribution in [0.5, 0.6) is 0 Å². The molecule has 1 heterocycles. The molecule has 0 bridgehead atoms. The van der Waals surface area contributed by atoms with E-state index in [2.05, 4.69) is 5.32 Å². The number of nitrogens with one attached hydrogen (secondary N) is 1. The van der Waals surface area contributed by atoms with Gasteiger partial charge in [0.15, 0.2) is 9.99 Å². The molecule has 0 spiro atoms. The number of rotatable bonds is 2. The summed E-state index contributed by atoms with van der Waals surface area (Å²) in [5.41, 5.74) is 0.165. The second-order valence-electron chi connectivity index (χ2n) is 3.82. The van der Waals surface area contributed by atoms with E-state index < -0.39 is 15.1 Å². The summed E-state index contributed by atoms with van der Waals surface area (Å²) < 4.78 is 37.3. The molecule has 0 radical (unpaired) electrons. The molecular weight excluding hydrogens is 243 g/mol. The Bertz CT molecular complexity index is 491. The van der Waals surface area contributed by atoms with Gasteiger partial charge < -0.3 is 5.32 Å². The van der Waals surface area contributed by atoms with Crippen molar-refractivity contribution in [3.05, 3.63) is 35.9 Å². The molecule has 1 aliphatic heterocycles. The summed E-state index contributed by atoms with van der Waals surface area (Å²) in [6, 6.07) is 8.01. The topological polar surface area (TPSA) is 52.6 Å². The minimum absolute atomic E-state index is 0.165. The first-order chi connectivity index (χ1) is 8.12. The number of halogens is 1. The van der Waals surface area contributed by atoms with Crippen molar-refractivity contribution in [1.29, 1.82) is 0 Å². The van der Waals surface area contributed by atoms with Gasteiger partial charge in [0.05, 0.1) is 0 Å². The zero-order valence-corrected chi connectivity index (χ0v) is 10.1. The molecule has 1 aromatic rings. The van der Waals surface area contributed by atoms with E-state index in [1.165, 1.54) is 16.4 Å². The van der Waals surface area contributed by atoms with Crippen LogP contribution in [0.1, 0.15) is 5.56 Å². The molecular formula is C11H15FN2O2S. The van der Waals surface area contributed by atoms with Crippen LogP contribution in [0.4, 0.5) is 4.39 Å². The molecule has 0 aliphatic carbocycles. The van der Waals surface area contributed by atoms with Crippen molar-refractivity contribution < 1.29 is 13.2 Å². The Morgan fingerprint density at radius 3 is 2.47 bits per heavy atom. The molecule has 1 unspecified atom stereocenters. The van der Waals surface area contributed by atoms with Crippen molar-refractivity contribution in [2.75, 3.05) is 26.2 Å². The van der Waals surface area contributed by atoms with Crippen LogP contribution in [-0.2, 0) is 9.99 Å². The lowest BCUT2D eigenvalue weighted by molar-refractivity contribution is 0.347. The van der Waals surface area contributed by atoms with Gasteiger partial charge in [-0.3, -0.25) is 4.55 Å². The fraction of sp³-hybridized carbons (Fsp3) is 0.364. The molecule has 0 amide bonds. The van der Waals surface area contributed by atoms with Gasteiger partial charge in [-0.25, -0.2) is 8.51 Å². The Morgan fingerprint density at radius 2 is 1.88 bits per heavy atom. The van der Waals surface area contributed by atoms with E-state index >= 15 is 0 Å². The second-order valence-corrected chi connectivity index (χ2v) is 5.68. The highest BCUT2D eigenvalue weighted by Gasteiger charge is 2.24. The third-order valence-corrected chi connectivity index (χ3v) is 4.43. The summed E-state index contributed by atoms with van der Waals surface area (Å²) in [5.74, 6) is 0. The van der Waals surface area contributed by atoms with E-state index in [1.807, 2.05) is 0 Å². The maximum absolute atomic E-state index is 14.0. The molecule has 17 heavy (non-hydrogen) atoms. The highest BCUT2D eigenvalue weighted by molar-refractivity contribution is 7.95. The van der Waals surface area contributed by atoms with Crippen molar-refractivity contribution in [3.8, 4) is 0 Å². The fourth-order valence-electron chi connectivity index (χ4n) is 1.73. The lowest BCUT2D eigenvalue weighted by atomic mass is 10.2. The highest BCUT2D eigenvalue weighted by atomic mass is 32.2. The van der Waals surface area contributed by atoms with Crippen LogP contribution >= 0.6 is 0 Å². The van der Waals surface area contributed by atoms with E-state index in [9.17, 15) is 13.2 Å². The van der Waals surface area contributed by atoms with Gasteiger partial charge >= 0.3 is 0 Å². The number of hydrogen-bond acceptors (Lipinski definition) is 2. The summed E-state index contributed by atoms with van der Waals surface area (Å²) >= 11 is 0. The smallest absolute Gasteiger partial charge is 0.221 e. The standard InChI is InChI=1S/C11H15FN2O2S/c12-11(10-4-2-1-3-5-10)17(15,16)14-8-6-13-7-9-14/h1-5,13H,6-9H2,(H,15,16). The van der Waals surface area contributed by atoms with Crippen molar-refractivity contribution >= 4 is 15.1 Å². The minimum atomic E-state index is -3.72. The Kier molecular flexibility index (Phi) is 3.78. The second kappa shape index (κ2) is 5.14. The molecule has 1 aromatic carbocycles. The molecule has 2 rings (SSSR count). The molecule has 0 saturated carbocycles. The van der Waals surface area contributed by atoms with Crippen molar-refractivity contribution in [1.82, 2.24) is 9.62 Å². The quantitative estimate of drug-likeness (QED) is 0.607. The highest BCUT2D eigenvalue weighted by Crippen LogP contribution is 2.10. The lowest BCUT2D eigenvalue weighted by Gasteiger charge is -2.27. The molecule has 2 N–H and O–H groups in total. The summed E-state index contributed by atoms with van der Waals surface area (Å²) in [6.45, 7) is 1.93. The molecule has 4 nitrogen and oxygen atoms in total. The first-order valence-electron chi connectivity index (χ1n) is 5.43. The van der Waals surface area contributed by atoms with Gasteiger partial charge in [-0.2, -0.15) is 4.39 Å². The Hall–Kier alpha value is -0.950. The van der Waals surface area contributed by atoms with E-state index in [0.717, 1.165) is 0 Å². The monoisotopic (exact) mass is 258 g/mol. The Labute approximate surface area is 100 Å². The van der Waals surface area contributed by atoms with Crippen LogP contribution in [0.15, 0.2) is 30.3 Å². The third-order valence-electron chi connectivity index (χ3n) is 2.66. The molecule has 1 atom stereocenters. The van der Waals surface area contributed by atoms with Gasteiger partial charge in [0.2, 0.25) is 5.12 Å². The van der Waals surface area contributed by atoms with E-state index in [-0.39, 0.29) is 5.56 Å². The van der Waals surface area contributed by atoms with E-state index in [1.54, 1.807) is 18.2 Å². The Balaban J connectivity index is 2.38. The maximum Gasteiger partial charge on any atom is 0.221 e. The lowest BCUT2D eigenvalue weighted by Crippen LogP contribution is -2.47. The maximum atomic E-state index is 14.0. The summed E-state index contributed by atoms with van der Waals surface area (Å²) in [7, 11) is -3.72. The zero-order chi connectivity index (χ0) is 12.3. The molecule has 1 fully saturated rings. The number of benzene rings is 1. The molecule has 1 saturated heterocycles. The van der Waals surface area contributed by atoms with Gasteiger partial charge in [0.25, 0.3) is 0 Å². The summed E-state index contributed by atoms with van der Waals surface area (Å²) in [4.78, 5) is 0. The van der Waals surface area contributed by atoms with Gasteiger partial charge in [-0.05, 0) is 0 Å². The average Bonchev–Trinajstić information content (AvgIpc) is 2.40. The summed E-state index contributed by atoms with van der Waals surface area (Å²) in [6.07, 6.45) is 0. The van der Waals surface area contributed by atoms with Crippen LogP contribution in [0.3, 0.4) is 0 Å². The van der Waals surface area contributed by atoms with Crippen molar-refractivity contribution in [2.24, 2.45) is 0 Å². The van der Waals surface area contributed by atoms with Gasteiger partial charge in [0.1, 0.15) is 0 Å². The fourth-order valence-corrected chi connectivity index (χ4v) is 3.08. The average molecular weight is 258 g/mol. The van der Waals surface area contributed by atoms with Crippen LogP contribution < -0.4 is 5.32 Å². The van der Waals surface area contributed by atoms with Crippen LogP contribution in [0, 0.1) is 0 Å². The third kappa shape index (κ3) is 2.66. The minimum Gasteiger partial charge on any atom is -0.314 e. The van der Waals surface area contributed by atoms with Crippen molar-refractivity contribution in [3.63, 3.8) is 0 Å². The zero-order valence-electron chi connectivity index (χ0n) is 9.30. The van der Waals surface area contributed by atoms with Gasteiger partial charge in [-0.15, -0.1) is 0 Å². The van der Waals surface area contributed by atoms with Crippen LogP contribution in [-0.4, -0.2) is 44.4 Å². The number of nitrogens with zero attached hydrogens (tertiary/aromatic N) is 1. The number of hydrogen-bond donors (Lipinski definition) is 2. The van der Waals surface area contributed by atoms with E-state index in [4.69, 9.17) is 0 Å². The van der Waals surface area contributed by atoms with Crippen molar-refractivity contribution in [2.45, 2.75) is 0 Å². The predicted molar refractivity (Wildman–Crippen MR) is 66.9 cm³/mol. The molecule has 6 heteroatoms.